The quantitative estimate of drug-likeness (QED) is 0.532. The van der Waals surface area contributed by atoms with Crippen LogP contribution in [0, 0.1) is 0 Å². The first-order valence-electron chi connectivity index (χ1n) is 2.14. The Morgan fingerprint density at radius 2 is 1.33 bits per heavy atom. The Hall–Kier alpha value is 0.820. The molecule has 0 bridgehead atoms. The molecule has 1 nitrogen and oxygen atoms in total. The minimum absolute atomic E-state index is 0. The summed E-state index contributed by atoms with van der Waals surface area (Å²) in [4.78, 5) is 0. The van der Waals surface area contributed by atoms with Crippen molar-refractivity contribution in [3.8, 4) is 0 Å². The Morgan fingerprint density at radius 1 is 1.33 bits per heavy atom. The smallest absolute Gasteiger partial charge is 0.116 e. The molecule has 0 heterocycles. The summed E-state index contributed by atoms with van der Waals surface area (Å²) in [7, 11) is -1.02. The summed E-state index contributed by atoms with van der Waals surface area (Å²) in [6.45, 7) is 8.14. The zero-order valence-corrected chi connectivity index (χ0v) is 8.23. The lowest BCUT2D eigenvalue weighted by molar-refractivity contribution is 0.598. The van der Waals surface area contributed by atoms with E-state index >= 15 is 0 Å². The summed E-state index contributed by atoms with van der Waals surface area (Å²) in [6, 6.07) is 0. The topological polar surface area (TPSA) is 17.1 Å². The van der Waals surface area contributed by atoms with Crippen LogP contribution in [0.3, 0.4) is 0 Å². The Labute approximate surface area is 65.5 Å². The maximum absolute atomic E-state index is 9.36. The van der Waals surface area contributed by atoms with Crippen molar-refractivity contribution in [1.82, 2.24) is 0 Å². The van der Waals surface area contributed by atoms with Gasteiger partial charge in [0.25, 0.3) is 0 Å². The molecule has 0 saturated carbocycles. The lowest BCUT2D eigenvalue weighted by Gasteiger charge is -1.81. The van der Waals surface area contributed by atoms with Crippen molar-refractivity contribution in [2.45, 2.75) is 7.43 Å². The summed E-state index contributed by atoms with van der Waals surface area (Å²) in [5, 5.41) is 0. The van der Waals surface area contributed by atoms with Gasteiger partial charge in [-0.25, -0.2) is 0 Å². The average Bonchev–Trinajstić information content (AvgIpc) is 1.25. The van der Waals surface area contributed by atoms with E-state index in [1.807, 2.05) is 0 Å². The van der Waals surface area contributed by atoms with Crippen molar-refractivity contribution < 1.29 is 4.57 Å². The van der Waals surface area contributed by atoms with Gasteiger partial charge in [0, 0.05) is 0 Å². The molecule has 1 atom stereocenters. The maximum atomic E-state index is 9.36. The van der Waals surface area contributed by atoms with Crippen molar-refractivity contribution in [2.24, 2.45) is 0 Å². The van der Waals surface area contributed by atoms with Crippen LogP contribution in [0.15, 0.2) is 0 Å². The van der Waals surface area contributed by atoms with Crippen LogP contribution in [0.1, 0.15) is 7.43 Å². The molecule has 58 valence electrons. The van der Waals surface area contributed by atoms with Crippen molar-refractivity contribution in [3.63, 3.8) is 0 Å². The standard InChI is InChI=1S/C3H9P.CH3ClOP.CH4/c2*1-4(2)3;/h1-3H3;1H3;1H4/q;+1;. The Morgan fingerprint density at radius 3 is 1.33 bits per heavy atom. The number of rotatable bonds is 0. The Balaban J connectivity index is -0.0000000720. The first-order chi connectivity index (χ1) is 3.46. The van der Waals surface area contributed by atoms with E-state index in [1.54, 1.807) is 0 Å². The fourth-order valence-corrected chi connectivity index (χ4v) is 0. The van der Waals surface area contributed by atoms with Gasteiger partial charge in [-0.2, -0.15) is 0 Å². The maximum Gasteiger partial charge on any atom is 0.451 e. The van der Waals surface area contributed by atoms with Crippen LogP contribution in [0.25, 0.3) is 0 Å². The molecule has 0 aliphatic carbocycles. The molecular weight excluding hydrogens is 173 g/mol. The van der Waals surface area contributed by atoms with Crippen molar-refractivity contribution in [2.75, 3.05) is 26.7 Å². The van der Waals surface area contributed by atoms with Gasteiger partial charge in [-0.3, -0.25) is 0 Å². The minimum atomic E-state index is -1.40. The van der Waals surface area contributed by atoms with Gasteiger partial charge in [-0.05, 0) is 20.0 Å². The number of halogens is 1. The largest absolute Gasteiger partial charge is 0.451 e. The fraction of sp³-hybridized carbons (Fsp3) is 1.00. The second-order valence-corrected chi connectivity index (χ2v) is 6.71. The number of hydrogen-bond donors (Lipinski definition) is 0. The van der Waals surface area contributed by atoms with Crippen LogP contribution in [0.5, 0.6) is 0 Å². The van der Waals surface area contributed by atoms with Crippen molar-refractivity contribution in [3.05, 3.63) is 0 Å². The first kappa shape index (κ1) is 16.4. The minimum Gasteiger partial charge on any atom is -0.116 e. The van der Waals surface area contributed by atoms with E-state index in [4.69, 9.17) is 11.2 Å². The highest BCUT2D eigenvalue weighted by Crippen LogP contribution is 2.17. The molecule has 4 heteroatoms. The van der Waals surface area contributed by atoms with Crippen molar-refractivity contribution in [1.29, 1.82) is 0 Å². The van der Waals surface area contributed by atoms with Crippen LogP contribution < -0.4 is 0 Å². The molecule has 0 rings (SSSR count). The van der Waals surface area contributed by atoms with Crippen LogP contribution in [-0.4, -0.2) is 26.7 Å². The molecule has 0 aliphatic rings. The highest BCUT2D eigenvalue weighted by atomic mass is 35.7. The highest BCUT2D eigenvalue weighted by molar-refractivity contribution is 7.73. The second-order valence-electron chi connectivity index (χ2n) is 1.76. The zero-order chi connectivity index (χ0) is 7.15. The number of hydrogen-bond acceptors (Lipinski definition) is 1. The first-order valence-corrected chi connectivity index (χ1v) is 7.44. The molecule has 0 fully saturated rings. The molecule has 0 spiro atoms. The summed E-state index contributed by atoms with van der Waals surface area (Å²) in [6.07, 6.45) is 0. The fourth-order valence-electron chi connectivity index (χ4n) is 0. The summed E-state index contributed by atoms with van der Waals surface area (Å²) >= 11 is 4.78. The van der Waals surface area contributed by atoms with Gasteiger partial charge < -0.3 is 0 Å². The summed E-state index contributed by atoms with van der Waals surface area (Å²) < 4.78 is 9.36. The lowest BCUT2D eigenvalue weighted by Crippen LogP contribution is -1.48. The van der Waals surface area contributed by atoms with Crippen LogP contribution in [0.4, 0.5) is 0 Å². The third kappa shape index (κ3) is 610. The molecule has 9 heavy (non-hydrogen) atoms. The van der Waals surface area contributed by atoms with E-state index in [0.717, 1.165) is 0 Å². The van der Waals surface area contributed by atoms with Crippen LogP contribution >= 0.6 is 26.3 Å². The monoisotopic (exact) mass is 189 g/mol. The van der Waals surface area contributed by atoms with Crippen LogP contribution in [-0.2, 0) is 4.57 Å². The molecule has 0 aromatic rings. The molecule has 0 aromatic carbocycles. The predicted octanol–water partition coefficient (Wildman–Crippen LogP) is 3.59. The summed E-state index contributed by atoms with van der Waals surface area (Å²) in [5.74, 6) is 0. The van der Waals surface area contributed by atoms with Gasteiger partial charge in [-0.15, -0.1) is 7.92 Å². The molecule has 0 amide bonds. The van der Waals surface area contributed by atoms with Gasteiger partial charge >= 0.3 is 7.15 Å². The molecule has 0 saturated heterocycles. The van der Waals surface area contributed by atoms with E-state index in [2.05, 4.69) is 20.0 Å². The molecular formula is C5H16ClOP2+. The van der Waals surface area contributed by atoms with Gasteiger partial charge in [0.15, 0.2) is 6.66 Å². The van der Waals surface area contributed by atoms with Crippen molar-refractivity contribution >= 4 is 26.3 Å². The van der Waals surface area contributed by atoms with E-state index in [9.17, 15) is 4.57 Å². The third-order valence-electron chi connectivity index (χ3n) is 0. The molecule has 1 unspecified atom stereocenters. The van der Waals surface area contributed by atoms with Crippen LogP contribution in [0.2, 0.25) is 0 Å². The van der Waals surface area contributed by atoms with E-state index < -0.39 is 7.15 Å². The van der Waals surface area contributed by atoms with E-state index in [0.29, 0.717) is 7.92 Å². The molecule has 0 N–H and O–H groups in total. The molecule has 0 radical (unpaired) electrons. The van der Waals surface area contributed by atoms with Gasteiger partial charge in [0.1, 0.15) is 0 Å². The second kappa shape index (κ2) is 11.6. The Bertz CT molecular complexity index is 59.2. The SMILES string of the molecule is C.CP(C)C.C[P+](=O)Cl. The zero-order valence-electron chi connectivity index (χ0n) is 5.68. The lowest BCUT2D eigenvalue weighted by atomic mass is 11.9. The third-order valence-corrected chi connectivity index (χ3v) is 0. The van der Waals surface area contributed by atoms with Gasteiger partial charge in [0.05, 0.1) is 0 Å². The predicted molar refractivity (Wildman–Crippen MR) is 50.8 cm³/mol. The van der Waals surface area contributed by atoms with Gasteiger partial charge in [0.2, 0.25) is 11.2 Å². The van der Waals surface area contributed by atoms with Gasteiger partial charge in [-0.1, -0.05) is 12.0 Å². The molecule has 0 aliphatic heterocycles. The molecule has 0 aromatic heterocycles. The average molecular weight is 190 g/mol. The summed E-state index contributed by atoms with van der Waals surface area (Å²) in [5.41, 5.74) is 0. The van der Waals surface area contributed by atoms with E-state index in [1.165, 1.54) is 6.66 Å². The highest BCUT2D eigenvalue weighted by Gasteiger charge is 1.88. The van der Waals surface area contributed by atoms with E-state index in [-0.39, 0.29) is 7.43 Å². The Kier molecular flexibility index (Phi) is 21.2. The normalized spacial score (nSPS) is 8.89.